The molecule has 1 aliphatic rings. The molecule has 1 heterocycles. The van der Waals surface area contributed by atoms with Gasteiger partial charge < -0.3 is 14.7 Å². The summed E-state index contributed by atoms with van der Waals surface area (Å²) in [7, 11) is 0. The van der Waals surface area contributed by atoms with Gasteiger partial charge in [0, 0.05) is 0 Å². The van der Waals surface area contributed by atoms with Gasteiger partial charge in [-0.3, -0.25) is 14.4 Å². The fourth-order valence-electron chi connectivity index (χ4n) is 2.51. The zero-order valence-electron chi connectivity index (χ0n) is 12.7. The Morgan fingerprint density at radius 3 is 2.43 bits per heavy atom. The second kappa shape index (κ2) is 6.60. The lowest BCUT2D eigenvalue weighted by Gasteiger charge is -2.25. The predicted molar refractivity (Wildman–Crippen MR) is 77.8 cm³/mol. The summed E-state index contributed by atoms with van der Waals surface area (Å²) < 4.78 is 17.9. The van der Waals surface area contributed by atoms with E-state index in [1.54, 1.807) is 6.92 Å². The second-order valence-electron chi connectivity index (χ2n) is 5.01. The van der Waals surface area contributed by atoms with Crippen LogP contribution in [0.2, 0.25) is 0 Å². The Morgan fingerprint density at radius 1 is 1.30 bits per heavy atom. The summed E-state index contributed by atoms with van der Waals surface area (Å²) in [5.41, 5.74) is 0.296. The Kier molecular flexibility index (Phi) is 4.78. The maximum atomic E-state index is 13.1. The fourth-order valence-corrected chi connectivity index (χ4v) is 2.51. The number of amides is 1. The van der Waals surface area contributed by atoms with E-state index < -0.39 is 41.8 Å². The molecule has 1 aliphatic heterocycles. The molecule has 0 aromatic heterocycles. The number of aliphatic hydroxyl groups is 1. The molecule has 23 heavy (non-hydrogen) atoms. The molecule has 122 valence electrons. The monoisotopic (exact) mass is 321 g/mol. The van der Waals surface area contributed by atoms with Crippen molar-refractivity contribution in [1.29, 1.82) is 0 Å². The quantitative estimate of drug-likeness (QED) is 0.834. The Bertz CT molecular complexity index is 680. The molecule has 2 rings (SSSR count). The molecule has 1 atom stereocenters. The van der Waals surface area contributed by atoms with Crippen molar-refractivity contribution < 1.29 is 28.6 Å². The van der Waals surface area contributed by atoms with Gasteiger partial charge in [-0.2, -0.15) is 0 Å². The zero-order chi connectivity index (χ0) is 17.1. The lowest BCUT2D eigenvalue weighted by atomic mass is 9.97. The maximum absolute atomic E-state index is 13.1. The summed E-state index contributed by atoms with van der Waals surface area (Å²) in [5, 5.41) is 9.97. The van der Waals surface area contributed by atoms with Crippen LogP contribution in [0.25, 0.3) is 0 Å². The number of esters is 1. The van der Waals surface area contributed by atoms with E-state index in [2.05, 4.69) is 0 Å². The van der Waals surface area contributed by atoms with Crippen molar-refractivity contribution >= 4 is 17.7 Å². The number of rotatable bonds is 5. The van der Waals surface area contributed by atoms with E-state index in [9.17, 15) is 23.9 Å². The van der Waals surface area contributed by atoms with Crippen molar-refractivity contribution in [3.05, 3.63) is 47.0 Å². The van der Waals surface area contributed by atoms with E-state index in [1.807, 2.05) is 0 Å². The predicted octanol–water partition coefficient (Wildman–Crippen LogP) is 1.67. The van der Waals surface area contributed by atoms with E-state index >= 15 is 0 Å². The van der Waals surface area contributed by atoms with E-state index in [1.165, 1.54) is 31.2 Å². The molecule has 1 amide bonds. The Hall–Kier alpha value is -2.70. The standard InChI is InChI=1S/C16H16FNO5/c1-3-23-12(20)8-18-14(10-4-6-11(17)7-5-10)13(9(2)19)15(21)16(18)22/h4-7,14,21H,3,8H2,1-2H3/t14-/m1/s1. The van der Waals surface area contributed by atoms with Crippen LogP contribution in [0.3, 0.4) is 0 Å². The third kappa shape index (κ3) is 3.23. The lowest BCUT2D eigenvalue weighted by Crippen LogP contribution is -2.36. The van der Waals surface area contributed by atoms with Crippen LogP contribution >= 0.6 is 0 Å². The van der Waals surface area contributed by atoms with Gasteiger partial charge in [0.05, 0.1) is 18.2 Å². The highest BCUT2D eigenvalue weighted by Crippen LogP contribution is 2.37. The van der Waals surface area contributed by atoms with E-state index in [0.717, 1.165) is 4.90 Å². The molecule has 0 saturated heterocycles. The molecule has 0 unspecified atom stereocenters. The van der Waals surface area contributed by atoms with Crippen LogP contribution in [0.4, 0.5) is 4.39 Å². The molecule has 0 spiro atoms. The number of ether oxygens (including phenoxy) is 1. The van der Waals surface area contributed by atoms with Gasteiger partial charge in [0.25, 0.3) is 5.91 Å². The largest absolute Gasteiger partial charge is 0.503 e. The van der Waals surface area contributed by atoms with E-state index in [4.69, 9.17) is 4.74 Å². The third-order valence-electron chi connectivity index (χ3n) is 3.47. The number of hydrogen-bond donors (Lipinski definition) is 1. The topological polar surface area (TPSA) is 83.9 Å². The van der Waals surface area contributed by atoms with Crippen molar-refractivity contribution in [3.63, 3.8) is 0 Å². The molecule has 0 aliphatic carbocycles. The molecular weight excluding hydrogens is 305 g/mol. The first-order valence-electron chi connectivity index (χ1n) is 7.03. The van der Waals surface area contributed by atoms with Crippen molar-refractivity contribution in [2.75, 3.05) is 13.2 Å². The van der Waals surface area contributed by atoms with Crippen LogP contribution < -0.4 is 0 Å². The molecular formula is C16H16FNO5. The average molecular weight is 321 g/mol. The second-order valence-corrected chi connectivity index (χ2v) is 5.01. The van der Waals surface area contributed by atoms with Crippen LogP contribution in [-0.2, 0) is 19.1 Å². The molecule has 0 radical (unpaired) electrons. The van der Waals surface area contributed by atoms with Gasteiger partial charge in [-0.15, -0.1) is 0 Å². The molecule has 1 aromatic carbocycles. The smallest absolute Gasteiger partial charge is 0.325 e. The van der Waals surface area contributed by atoms with Gasteiger partial charge >= 0.3 is 5.97 Å². The minimum atomic E-state index is -0.954. The number of Topliss-reactive ketones (excluding diaryl/α,β-unsaturated/α-hetero) is 1. The number of ketones is 1. The van der Waals surface area contributed by atoms with Gasteiger partial charge in [0.1, 0.15) is 12.4 Å². The van der Waals surface area contributed by atoms with Crippen LogP contribution in [0, 0.1) is 5.82 Å². The molecule has 6 nitrogen and oxygen atoms in total. The summed E-state index contributed by atoms with van der Waals surface area (Å²) in [5.74, 6) is -3.18. The van der Waals surface area contributed by atoms with Gasteiger partial charge in [-0.05, 0) is 31.5 Å². The van der Waals surface area contributed by atoms with Crippen molar-refractivity contribution in [1.82, 2.24) is 4.90 Å². The highest BCUT2D eigenvalue weighted by molar-refractivity contribution is 6.08. The molecule has 0 fully saturated rings. The fraction of sp³-hybridized carbons (Fsp3) is 0.312. The Morgan fingerprint density at radius 2 is 1.91 bits per heavy atom. The minimum Gasteiger partial charge on any atom is -0.503 e. The van der Waals surface area contributed by atoms with E-state index in [0.29, 0.717) is 5.56 Å². The Balaban J connectivity index is 2.44. The lowest BCUT2D eigenvalue weighted by molar-refractivity contribution is -0.148. The first-order chi connectivity index (χ1) is 10.9. The summed E-state index contributed by atoms with van der Waals surface area (Å²) >= 11 is 0. The molecule has 0 saturated carbocycles. The maximum Gasteiger partial charge on any atom is 0.325 e. The number of aliphatic hydroxyl groups excluding tert-OH is 1. The number of nitrogens with zero attached hydrogens (tertiary/aromatic N) is 1. The first-order valence-corrected chi connectivity index (χ1v) is 7.03. The highest BCUT2D eigenvalue weighted by Gasteiger charge is 2.43. The van der Waals surface area contributed by atoms with E-state index in [-0.39, 0.29) is 12.2 Å². The van der Waals surface area contributed by atoms with Gasteiger partial charge in [0.2, 0.25) is 0 Å². The molecule has 1 N–H and O–H groups in total. The van der Waals surface area contributed by atoms with Crippen LogP contribution in [-0.4, -0.2) is 40.8 Å². The van der Waals surface area contributed by atoms with Crippen molar-refractivity contribution in [2.45, 2.75) is 19.9 Å². The summed E-state index contributed by atoms with van der Waals surface area (Å²) in [6, 6.07) is 4.19. The summed E-state index contributed by atoms with van der Waals surface area (Å²) in [4.78, 5) is 36.8. The number of benzene rings is 1. The Labute approximate surface area is 132 Å². The van der Waals surface area contributed by atoms with Gasteiger partial charge in [0.15, 0.2) is 11.5 Å². The normalized spacial score (nSPS) is 17.6. The first kappa shape index (κ1) is 16.7. The number of carbonyl (C=O) groups excluding carboxylic acids is 3. The molecule has 7 heteroatoms. The number of carbonyl (C=O) groups is 3. The van der Waals surface area contributed by atoms with Crippen molar-refractivity contribution in [3.8, 4) is 0 Å². The summed E-state index contributed by atoms with van der Waals surface area (Å²) in [6.07, 6.45) is 0. The van der Waals surface area contributed by atoms with Crippen LogP contribution in [0.1, 0.15) is 25.5 Å². The number of hydrogen-bond acceptors (Lipinski definition) is 5. The summed E-state index contributed by atoms with van der Waals surface area (Å²) in [6.45, 7) is 2.55. The van der Waals surface area contributed by atoms with Crippen molar-refractivity contribution in [2.24, 2.45) is 0 Å². The third-order valence-corrected chi connectivity index (χ3v) is 3.47. The number of halogens is 1. The zero-order valence-corrected chi connectivity index (χ0v) is 12.7. The molecule has 0 bridgehead atoms. The minimum absolute atomic E-state index is 0.120. The molecule has 1 aromatic rings. The van der Waals surface area contributed by atoms with Crippen LogP contribution in [0.15, 0.2) is 35.6 Å². The van der Waals surface area contributed by atoms with Crippen LogP contribution in [0.5, 0.6) is 0 Å². The van der Waals surface area contributed by atoms with Gasteiger partial charge in [-0.1, -0.05) is 12.1 Å². The van der Waals surface area contributed by atoms with Gasteiger partial charge in [-0.25, -0.2) is 4.39 Å². The average Bonchev–Trinajstić information content (AvgIpc) is 2.73. The highest BCUT2D eigenvalue weighted by atomic mass is 19.1. The SMILES string of the molecule is CCOC(=O)CN1C(=O)C(O)=C(C(C)=O)[C@H]1c1ccc(F)cc1.